The van der Waals surface area contributed by atoms with Crippen molar-refractivity contribution >= 4 is 28.9 Å². The summed E-state index contributed by atoms with van der Waals surface area (Å²) in [6.07, 6.45) is 0.754. The molecule has 6 heteroatoms. The Balaban J connectivity index is 2.12. The number of thiophene rings is 1. The highest BCUT2D eigenvalue weighted by Crippen LogP contribution is 2.36. The molecule has 0 bridgehead atoms. The molecule has 1 aromatic heterocycles. The molecule has 1 N–H and O–H groups in total. The van der Waals surface area contributed by atoms with Gasteiger partial charge in [0.1, 0.15) is 0 Å². The van der Waals surface area contributed by atoms with E-state index in [1.165, 1.54) is 24.8 Å². The van der Waals surface area contributed by atoms with Crippen LogP contribution in [0.5, 0.6) is 11.5 Å². The Hall–Kier alpha value is -1.72. The van der Waals surface area contributed by atoms with Gasteiger partial charge < -0.3 is 14.6 Å². The lowest BCUT2D eigenvalue weighted by Gasteiger charge is -2.13. The van der Waals surface area contributed by atoms with Crippen molar-refractivity contribution in [2.45, 2.75) is 6.42 Å². The van der Waals surface area contributed by atoms with Crippen LogP contribution in [-0.4, -0.2) is 24.8 Å². The Bertz CT molecular complexity index is 595. The number of ether oxygens (including phenoxy) is 2. The van der Waals surface area contributed by atoms with Gasteiger partial charge in [-0.25, -0.2) is 4.79 Å². The molecular formula is C14H13ClO4S. The van der Waals surface area contributed by atoms with E-state index in [9.17, 15) is 4.79 Å². The van der Waals surface area contributed by atoms with Crippen LogP contribution in [0, 0.1) is 0 Å². The average molecular weight is 313 g/mol. The maximum atomic E-state index is 10.9. The summed E-state index contributed by atoms with van der Waals surface area (Å²) in [5, 5.41) is 13.3. The minimum atomic E-state index is -1.06. The van der Waals surface area contributed by atoms with Crippen LogP contribution in [0.1, 0.15) is 15.9 Å². The SMILES string of the molecule is COc1cc(C(=O)O)cc(Cl)c1OCCc1ccsc1. The Labute approximate surface area is 125 Å². The van der Waals surface area contributed by atoms with E-state index in [0.717, 1.165) is 6.42 Å². The lowest BCUT2D eigenvalue weighted by atomic mass is 10.2. The lowest BCUT2D eigenvalue weighted by Crippen LogP contribution is -2.04. The van der Waals surface area contributed by atoms with Gasteiger partial charge in [-0.1, -0.05) is 11.6 Å². The smallest absolute Gasteiger partial charge is 0.335 e. The van der Waals surface area contributed by atoms with Gasteiger partial charge in [0, 0.05) is 6.42 Å². The second-order valence-electron chi connectivity index (χ2n) is 4.02. The van der Waals surface area contributed by atoms with Crippen molar-refractivity contribution < 1.29 is 19.4 Å². The Morgan fingerprint density at radius 1 is 1.45 bits per heavy atom. The molecule has 0 atom stereocenters. The molecular weight excluding hydrogens is 300 g/mol. The molecule has 1 aromatic carbocycles. The van der Waals surface area contributed by atoms with Crippen LogP contribution in [0.3, 0.4) is 0 Å². The fourth-order valence-corrected chi connectivity index (χ4v) is 2.66. The summed E-state index contributed by atoms with van der Waals surface area (Å²) in [6, 6.07) is 4.78. The third-order valence-electron chi connectivity index (χ3n) is 2.69. The summed E-state index contributed by atoms with van der Waals surface area (Å²) in [4.78, 5) is 10.9. The van der Waals surface area contributed by atoms with Gasteiger partial charge in [0.2, 0.25) is 0 Å². The monoisotopic (exact) mass is 312 g/mol. The zero-order valence-electron chi connectivity index (χ0n) is 10.8. The number of halogens is 1. The van der Waals surface area contributed by atoms with Crippen molar-refractivity contribution in [1.29, 1.82) is 0 Å². The van der Waals surface area contributed by atoms with Crippen LogP contribution in [0.4, 0.5) is 0 Å². The fourth-order valence-electron chi connectivity index (χ4n) is 1.69. The summed E-state index contributed by atoms with van der Waals surface area (Å²) >= 11 is 7.68. The van der Waals surface area contributed by atoms with E-state index in [1.54, 1.807) is 11.3 Å². The van der Waals surface area contributed by atoms with Gasteiger partial charge in [0.25, 0.3) is 0 Å². The van der Waals surface area contributed by atoms with Gasteiger partial charge in [-0.2, -0.15) is 11.3 Å². The Morgan fingerprint density at radius 3 is 2.85 bits per heavy atom. The first-order valence-electron chi connectivity index (χ1n) is 5.86. The summed E-state index contributed by atoms with van der Waals surface area (Å²) in [5.74, 6) is -0.371. The van der Waals surface area contributed by atoms with Crippen molar-refractivity contribution in [3.05, 3.63) is 45.1 Å². The molecule has 0 fully saturated rings. The molecule has 0 aliphatic rings. The third kappa shape index (κ3) is 3.43. The summed E-state index contributed by atoms with van der Waals surface area (Å²) < 4.78 is 10.8. The molecule has 106 valence electrons. The summed E-state index contributed by atoms with van der Waals surface area (Å²) in [7, 11) is 1.45. The van der Waals surface area contributed by atoms with Gasteiger partial charge in [0.05, 0.1) is 24.3 Å². The van der Waals surface area contributed by atoms with Gasteiger partial charge in [0.15, 0.2) is 11.5 Å². The second kappa shape index (κ2) is 6.63. The van der Waals surface area contributed by atoms with Gasteiger partial charge in [-0.3, -0.25) is 0 Å². The number of rotatable bonds is 6. The maximum absolute atomic E-state index is 10.9. The van der Waals surface area contributed by atoms with Crippen LogP contribution in [0.25, 0.3) is 0 Å². The molecule has 0 aliphatic carbocycles. The number of carboxylic acids is 1. The molecule has 0 aliphatic heterocycles. The van der Waals surface area contributed by atoms with E-state index in [2.05, 4.69) is 5.38 Å². The van der Waals surface area contributed by atoms with Gasteiger partial charge in [-0.15, -0.1) is 0 Å². The first kappa shape index (κ1) is 14.7. The molecule has 2 rings (SSSR count). The molecule has 0 amide bonds. The van der Waals surface area contributed by atoms with Gasteiger partial charge >= 0.3 is 5.97 Å². The minimum absolute atomic E-state index is 0.0667. The number of hydrogen-bond donors (Lipinski definition) is 1. The number of benzene rings is 1. The molecule has 0 radical (unpaired) electrons. The van der Waals surface area contributed by atoms with Crippen molar-refractivity contribution in [2.75, 3.05) is 13.7 Å². The topological polar surface area (TPSA) is 55.8 Å². The van der Waals surface area contributed by atoms with Crippen molar-refractivity contribution in [1.82, 2.24) is 0 Å². The Kier molecular flexibility index (Phi) is 4.87. The quantitative estimate of drug-likeness (QED) is 0.883. The summed E-state index contributed by atoms with van der Waals surface area (Å²) in [6.45, 7) is 0.444. The Morgan fingerprint density at radius 2 is 2.25 bits per heavy atom. The van der Waals surface area contributed by atoms with Gasteiger partial charge in [-0.05, 0) is 34.5 Å². The highest BCUT2D eigenvalue weighted by atomic mass is 35.5. The van der Waals surface area contributed by atoms with E-state index in [-0.39, 0.29) is 10.6 Å². The molecule has 0 saturated heterocycles. The molecule has 0 saturated carbocycles. The predicted octanol–water partition coefficient (Wildman–Crippen LogP) is 3.73. The fraction of sp³-hybridized carbons (Fsp3) is 0.214. The zero-order valence-corrected chi connectivity index (χ0v) is 12.3. The van der Waals surface area contributed by atoms with Crippen molar-refractivity contribution in [3.63, 3.8) is 0 Å². The molecule has 0 spiro atoms. The maximum Gasteiger partial charge on any atom is 0.335 e. The van der Waals surface area contributed by atoms with Crippen LogP contribution >= 0.6 is 22.9 Å². The van der Waals surface area contributed by atoms with E-state index < -0.39 is 5.97 Å². The zero-order chi connectivity index (χ0) is 14.5. The average Bonchev–Trinajstić information content (AvgIpc) is 2.93. The van der Waals surface area contributed by atoms with Crippen LogP contribution in [0.2, 0.25) is 5.02 Å². The number of carboxylic acid groups (broad SMARTS) is 1. The van der Waals surface area contributed by atoms with Crippen molar-refractivity contribution in [3.8, 4) is 11.5 Å². The lowest BCUT2D eigenvalue weighted by molar-refractivity contribution is 0.0696. The number of aromatic carboxylic acids is 1. The largest absolute Gasteiger partial charge is 0.493 e. The first-order valence-corrected chi connectivity index (χ1v) is 7.18. The molecule has 0 unspecified atom stereocenters. The van der Waals surface area contributed by atoms with Crippen LogP contribution in [-0.2, 0) is 6.42 Å². The number of hydrogen-bond acceptors (Lipinski definition) is 4. The molecule has 2 aromatic rings. The van der Waals surface area contributed by atoms with E-state index in [4.69, 9.17) is 26.2 Å². The molecule has 20 heavy (non-hydrogen) atoms. The van der Waals surface area contributed by atoms with Crippen LogP contribution in [0.15, 0.2) is 29.0 Å². The number of methoxy groups -OCH3 is 1. The summed E-state index contributed by atoms with van der Waals surface area (Å²) in [5.41, 5.74) is 1.25. The van der Waals surface area contributed by atoms with Crippen molar-refractivity contribution in [2.24, 2.45) is 0 Å². The minimum Gasteiger partial charge on any atom is -0.493 e. The first-order chi connectivity index (χ1) is 9.61. The predicted molar refractivity (Wildman–Crippen MR) is 78.5 cm³/mol. The standard InChI is InChI=1S/C14H13ClO4S/c1-18-12-7-10(14(16)17)6-11(15)13(12)19-4-2-9-3-5-20-8-9/h3,5-8H,2,4H2,1H3,(H,16,17). The van der Waals surface area contributed by atoms with E-state index in [0.29, 0.717) is 18.1 Å². The third-order valence-corrected chi connectivity index (χ3v) is 3.71. The highest BCUT2D eigenvalue weighted by Gasteiger charge is 2.15. The molecule has 1 heterocycles. The van der Waals surface area contributed by atoms with Crippen LogP contribution < -0.4 is 9.47 Å². The highest BCUT2D eigenvalue weighted by molar-refractivity contribution is 7.07. The van der Waals surface area contributed by atoms with E-state index in [1.807, 2.05) is 11.4 Å². The molecule has 4 nitrogen and oxygen atoms in total. The van der Waals surface area contributed by atoms with E-state index >= 15 is 0 Å². The normalized spacial score (nSPS) is 10.3. The number of carbonyl (C=O) groups is 1. The second-order valence-corrected chi connectivity index (χ2v) is 5.21.